The third kappa shape index (κ3) is 5.58. The molecular formula is C18H26N2O3. The van der Waals surface area contributed by atoms with E-state index in [9.17, 15) is 9.59 Å². The highest BCUT2D eigenvalue weighted by Gasteiger charge is 2.28. The van der Waals surface area contributed by atoms with Crippen LogP contribution in [0.15, 0.2) is 24.3 Å². The van der Waals surface area contributed by atoms with Gasteiger partial charge in [-0.3, -0.25) is 4.79 Å². The lowest BCUT2D eigenvalue weighted by Gasteiger charge is -2.22. The van der Waals surface area contributed by atoms with Crippen molar-refractivity contribution in [1.82, 2.24) is 4.90 Å². The number of rotatable bonds is 7. The Morgan fingerprint density at radius 3 is 2.70 bits per heavy atom. The molecule has 1 aromatic carbocycles. The number of hydrogen-bond acceptors (Lipinski definition) is 3. The van der Waals surface area contributed by atoms with Gasteiger partial charge in [-0.1, -0.05) is 29.8 Å². The van der Waals surface area contributed by atoms with E-state index in [4.69, 9.17) is 10.5 Å². The monoisotopic (exact) mass is 318 g/mol. The number of nitrogens with two attached hydrogens (primary N) is 1. The molecule has 1 atom stereocenters. The van der Waals surface area contributed by atoms with Crippen LogP contribution in [-0.4, -0.2) is 36.1 Å². The highest BCUT2D eigenvalue weighted by molar-refractivity contribution is 5.73. The first-order chi connectivity index (χ1) is 11.1. The molecule has 1 aliphatic heterocycles. The van der Waals surface area contributed by atoms with Crippen LogP contribution in [-0.2, 0) is 16.0 Å². The van der Waals surface area contributed by atoms with E-state index in [2.05, 4.69) is 31.2 Å². The van der Waals surface area contributed by atoms with E-state index in [-0.39, 0.29) is 18.6 Å². The molecular weight excluding hydrogens is 292 g/mol. The Morgan fingerprint density at radius 1 is 1.26 bits per heavy atom. The Balaban J connectivity index is 1.60. The lowest BCUT2D eigenvalue weighted by molar-refractivity contribution is -0.145. The Morgan fingerprint density at radius 2 is 2.00 bits per heavy atom. The van der Waals surface area contributed by atoms with Gasteiger partial charge >= 0.3 is 12.0 Å². The summed E-state index contributed by atoms with van der Waals surface area (Å²) < 4.78 is 5.29. The number of carbonyl (C=O) groups is 2. The fourth-order valence-corrected chi connectivity index (χ4v) is 2.91. The molecule has 2 rings (SSSR count). The number of nitrogens with zero attached hydrogens (tertiary/aromatic N) is 1. The zero-order valence-corrected chi connectivity index (χ0v) is 13.8. The van der Waals surface area contributed by atoms with Gasteiger partial charge in [-0.05, 0) is 44.6 Å². The molecule has 2 N–H and O–H groups in total. The second-order valence-corrected chi connectivity index (χ2v) is 6.20. The van der Waals surface area contributed by atoms with Gasteiger partial charge in [0.05, 0.1) is 6.04 Å². The fourth-order valence-electron chi connectivity index (χ4n) is 2.91. The van der Waals surface area contributed by atoms with Crippen LogP contribution in [0, 0.1) is 6.92 Å². The fraction of sp³-hybridized carbons (Fsp3) is 0.556. The number of primary amides is 1. The summed E-state index contributed by atoms with van der Waals surface area (Å²) >= 11 is 0. The van der Waals surface area contributed by atoms with Crippen molar-refractivity contribution in [1.29, 1.82) is 0 Å². The molecule has 2 amide bonds. The number of hydrogen-bond donors (Lipinski definition) is 1. The van der Waals surface area contributed by atoms with E-state index in [0.717, 1.165) is 32.1 Å². The molecule has 0 saturated carbocycles. The van der Waals surface area contributed by atoms with Crippen molar-refractivity contribution >= 4 is 12.0 Å². The van der Waals surface area contributed by atoms with Crippen LogP contribution in [0.1, 0.15) is 43.2 Å². The summed E-state index contributed by atoms with van der Waals surface area (Å²) in [5.74, 6) is -0.190. The zero-order valence-electron chi connectivity index (χ0n) is 13.8. The molecule has 1 heterocycles. The van der Waals surface area contributed by atoms with Crippen molar-refractivity contribution in [2.45, 2.75) is 51.5 Å². The number of ether oxygens (including phenoxy) is 1. The first-order valence-corrected chi connectivity index (χ1v) is 8.33. The number of aryl methyl sites for hydroxylation is 2. The van der Waals surface area contributed by atoms with Gasteiger partial charge in [-0.25, -0.2) is 4.79 Å². The molecule has 0 unspecified atom stereocenters. The second-order valence-electron chi connectivity index (χ2n) is 6.20. The molecule has 0 radical (unpaired) electrons. The molecule has 1 aromatic rings. The molecule has 1 aliphatic rings. The number of esters is 1. The summed E-state index contributed by atoms with van der Waals surface area (Å²) in [7, 11) is 0. The van der Waals surface area contributed by atoms with Crippen molar-refractivity contribution in [3.05, 3.63) is 35.4 Å². The summed E-state index contributed by atoms with van der Waals surface area (Å²) in [5.41, 5.74) is 7.86. The average Bonchev–Trinajstić information content (AvgIpc) is 3.00. The number of urea groups is 1. The third-order valence-corrected chi connectivity index (χ3v) is 4.31. The van der Waals surface area contributed by atoms with E-state index in [0.29, 0.717) is 13.0 Å². The van der Waals surface area contributed by atoms with E-state index in [1.54, 1.807) is 4.90 Å². The van der Waals surface area contributed by atoms with Gasteiger partial charge in [0, 0.05) is 13.0 Å². The minimum Gasteiger partial charge on any atom is -0.463 e. The van der Waals surface area contributed by atoms with Crippen molar-refractivity contribution in [2.75, 3.05) is 13.2 Å². The smallest absolute Gasteiger partial charge is 0.315 e. The van der Waals surface area contributed by atoms with E-state index >= 15 is 0 Å². The summed E-state index contributed by atoms with van der Waals surface area (Å²) in [6.07, 6.45) is 4.96. The lowest BCUT2D eigenvalue weighted by atomic mass is 10.1. The Hall–Kier alpha value is -2.04. The zero-order chi connectivity index (χ0) is 16.7. The predicted octanol–water partition coefficient (Wildman–Crippen LogP) is 2.79. The topological polar surface area (TPSA) is 72.6 Å². The number of amides is 2. The van der Waals surface area contributed by atoms with Crippen LogP contribution in [0.2, 0.25) is 0 Å². The minimum absolute atomic E-state index is 0.0518. The molecule has 0 aliphatic carbocycles. The summed E-state index contributed by atoms with van der Waals surface area (Å²) in [5, 5.41) is 0. The normalized spacial score (nSPS) is 17.3. The van der Waals surface area contributed by atoms with Crippen LogP contribution >= 0.6 is 0 Å². The molecule has 5 heteroatoms. The maximum atomic E-state index is 11.8. The van der Waals surface area contributed by atoms with Crippen LogP contribution in [0.5, 0.6) is 0 Å². The SMILES string of the molecule is Cc1ccc(CCCCC(=O)OC[C@@H]2CCCN2C(N)=O)cc1. The maximum absolute atomic E-state index is 11.8. The number of carbonyl (C=O) groups excluding carboxylic acids is 2. The van der Waals surface area contributed by atoms with Gasteiger partial charge in [0.25, 0.3) is 0 Å². The van der Waals surface area contributed by atoms with Gasteiger partial charge in [-0.15, -0.1) is 0 Å². The number of benzene rings is 1. The molecule has 0 spiro atoms. The largest absolute Gasteiger partial charge is 0.463 e. The quantitative estimate of drug-likeness (QED) is 0.620. The van der Waals surface area contributed by atoms with Gasteiger partial charge < -0.3 is 15.4 Å². The third-order valence-electron chi connectivity index (χ3n) is 4.31. The van der Waals surface area contributed by atoms with Gasteiger partial charge in [0.2, 0.25) is 0 Å². The molecule has 126 valence electrons. The first kappa shape index (κ1) is 17.3. The Bertz CT molecular complexity index is 528. The number of likely N-dealkylation sites (tertiary alicyclic amines) is 1. The molecule has 0 bridgehead atoms. The van der Waals surface area contributed by atoms with Gasteiger partial charge in [0.15, 0.2) is 0 Å². The highest BCUT2D eigenvalue weighted by atomic mass is 16.5. The molecule has 23 heavy (non-hydrogen) atoms. The number of unbranched alkanes of at least 4 members (excludes halogenated alkanes) is 1. The first-order valence-electron chi connectivity index (χ1n) is 8.33. The summed E-state index contributed by atoms with van der Waals surface area (Å²) in [6, 6.07) is 8.00. The molecule has 0 aromatic heterocycles. The summed E-state index contributed by atoms with van der Waals surface area (Å²) in [6.45, 7) is 3.00. The van der Waals surface area contributed by atoms with Gasteiger partial charge in [-0.2, -0.15) is 0 Å². The van der Waals surface area contributed by atoms with Crippen LogP contribution in [0.25, 0.3) is 0 Å². The average molecular weight is 318 g/mol. The molecule has 1 fully saturated rings. The van der Waals surface area contributed by atoms with Crippen molar-refractivity contribution in [3.63, 3.8) is 0 Å². The van der Waals surface area contributed by atoms with Crippen molar-refractivity contribution in [3.8, 4) is 0 Å². The Kier molecular flexibility index (Phi) is 6.44. The van der Waals surface area contributed by atoms with Gasteiger partial charge in [0.1, 0.15) is 6.61 Å². The summed E-state index contributed by atoms with van der Waals surface area (Å²) in [4.78, 5) is 24.6. The second kappa shape index (κ2) is 8.56. The van der Waals surface area contributed by atoms with E-state index in [1.165, 1.54) is 11.1 Å². The van der Waals surface area contributed by atoms with Crippen molar-refractivity contribution < 1.29 is 14.3 Å². The molecule has 5 nitrogen and oxygen atoms in total. The lowest BCUT2D eigenvalue weighted by Crippen LogP contribution is -2.41. The predicted molar refractivity (Wildman–Crippen MR) is 89.0 cm³/mol. The Labute approximate surface area is 137 Å². The van der Waals surface area contributed by atoms with E-state index in [1.807, 2.05) is 0 Å². The standard InChI is InChI=1S/C18H26N2O3/c1-14-8-10-15(11-9-14)5-2-3-7-17(21)23-13-16-6-4-12-20(16)18(19)22/h8-11,16H,2-7,12-13H2,1H3,(H2,19,22)/t16-/m0/s1. The highest BCUT2D eigenvalue weighted by Crippen LogP contribution is 2.17. The van der Waals surface area contributed by atoms with Crippen LogP contribution in [0.4, 0.5) is 4.79 Å². The van der Waals surface area contributed by atoms with Crippen LogP contribution in [0.3, 0.4) is 0 Å². The van der Waals surface area contributed by atoms with E-state index < -0.39 is 6.03 Å². The van der Waals surface area contributed by atoms with Crippen molar-refractivity contribution in [2.24, 2.45) is 5.73 Å². The van der Waals surface area contributed by atoms with Crippen LogP contribution < -0.4 is 5.73 Å². The maximum Gasteiger partial charge on any atom is 0.315 e. The molecule has 1 saturated heterocycles. The minimum atomic E-state index is -0.429.